The van der Waals surface area contributed by atoms with Crippen LogP contribution in [-0.2, 0) is 4.79 Å². The van der Waals surface area contributed by atoms with Gasteiger partial charge in [0.1, 0.15) is 0 Å². The summed E-state index contributed by atoms with van der Waals surface area (Å²) in [4.78, 5) is 11.9. The quantitative estimate of drug-likeness (QED) is 0.880. The van der Waals surface area contributed by atoms with Crippen LogP contribution in [0.5, 0.6) is 0 Å². The van der Waals surface area contributed by atoms with E-state index in [2.05, 4.69) is 26.6 Å². The van der Waals surface area contributed by atoms with Gasteiger partial charge in [-0.25, -0.2) is 0 Å². The van der Waals surface area contributed by atoms with Crippen molar-refractivity contribution in [3.8, 4) is 0 Å². The normalized spacial score (nSPS) is 19.2. The fraction of sp³-hybridized carbons (Fsp3) is 0.417. The Hall–Kier alpha value is -0.580. The topological polar surface area (TPSA) is 41.1 Å². The molecule has 0 radical (unpaired) electrons. The average Bonchev–Trinajstić information content (AvgIpc) is 2.30. The van der Waals surface area contributed by atoms with Gasteiger partial charge in [0.15, 0.2) is 0 Å². The summed E-state index contributed by atoms with van der Waals surface area (Å²) in [6.07, 6.45) is 3.23. The number of carbonyl (C=O) groups excluding carboxylic acids is 1. The van der Waals surface area contributed by atoms with Gasteiger partial charge in [0.25, 0.3) is 0 Å². The van der Waals surface area contributed by atoms with Crippen LogP contribution in [0.25, 0.3) is 0 Å². The third-order valence-electron chi connectivity index (χ3n) is 2.72. The number of hydrogen-bond donors (Lipinski definition) is 2. The van der Waals surface area contributed by atoms with Crippen molar-refractivity contribution >= 4 is 39.9 Å². The van der Waals surface area contributed by atoms with E-state index in [-0.39, 0.29) is 24.4 Å². The van der Waals surface area contributed by atoms with E-state index >= 15 is 0 Å². The standard InChI is InChI=1S/C12H15BrN2O.ClH/c13-9-4-3-5-10(8-9)15-12(16)11-6-1-2-7-14-11;/h3-5,8,11,14H,1-2,6-7H2,(H,15,16);1H/t11-;/m0./s1. The van der Waals surface area contributed by atoms with Crippen LogP contribution in [0.2, 0.25) is 0 Å². The van der Waals surface area contributed by atoms with Crippen LogP contribution in [-0.4, -0.2) is 18.5 Å². The van der Waals surface area contributed by atoms with Gasteiger partial charge >= 0.3 is 0 Å². The summed E-state index contributed by atoms with van der Waals surface area (Å²) in [5, 5.41) is 6.15. The zero-order chi connectivity index (χ0) is 11.4. The number of rotatable bonds is 2. The molecule has 0 unspecified atom stereocenters. The largest absolute Gasteiger partial charge is 0.325 e. The number of nitrogens with one attached hydrogen (secondary N) is 2. The summed E-state index contributed by atoms with van der Waals surface area (Å²) < 4.78 is 0.974. The first-order valence-corrected chi connectivity index (χ1v) is 6.35. The number of carbonyl (C=O) groups is 1. The second-order valence-corrected chi connectivity index (χ2v) is 4.92. The third kappa shape index (κ3) is 4.30. The Morgan fingerprint density at radius 2 is 2.24 bits per heavy atom. The maximum absolute atomic E-state index is 11.9. The number of halogens is 2. The van der Waals surface area contributed by atoms with Gasteiger partial charge in [-0.15, -0.1) is 12.4 Å². The minimum atomic E-state index is -0.0345. The highest BCUT2D eigenvalue weighted by atomic mass is 79.9. The first kappa shape index (κ1) is 14.5. The van der Waals surface area contributed by atoms with Crippen LogP contribution < -0.4 is 10.6 Å². The molecule has 1 amide bonds. The highest BCUT2D eigenvalue weighted by Crippen LogP contribution is 2.16. The zero-order valence-corrected chi connectivity index (χ0v) is 11.8. The first-order chi connectivity index (χ1) is 7.75. The number of benzene rings is 1. The molecule has 2 rings (SSSR count). The molecule has 0 aromatic heterocycles. The summed E-state index contributed by atoms with van der Waals surface area (Å²) in [5.74, 6) is 0.0674. The summed E-state index contributed by atoms with van der Waals surface area (Å²) in [7, 11) is 0. The molecule has 1 atom stereocenters. The van der Waals surface area contributed by atoms with Gasteiger partial charge in [-0.1, -0.05) is 28.4 Å². The van der Waals surface area contributed by atoms with Gasteiger partial charge in [0.2, 0.25) is 5.91 Å². The maximum atomic E-state index is 11.9. The summed E-state index contributed by atoms with van der Waals surface area (Å²) in [6.45, 7) is 0.941. The highest BCUT2D eigenvalue weighted by Gasteiger charge is 2.20. The van der Waals surface area contributed by atoms with E-state index in [0.29, 0.717) is 0 Å². The summed E-state index contributed by atoms with van der Waals surface area (Å²) in [6, 6.07) is 7.61. The number of piperidine rings is 1. The van der Waals surface area contributed by atoms with E-state index in [1.54, 1.807) is 0 Å². The minimum absolute atomic E-state index is 0. The molecule has 1 aromatic rings. The van der Waals surface area contributed by atoms with Crippen LogP contribution >= 0.6 is 28.3 Å². The molecule has 0 spiro atoms. The molecule has 1 aliphatic heterocycles. The zero-order valence-electron chi connectivity index (χ0n) is 9.41. The van der Waals surface area contributed by atoms with Crippen molar-refractivity contribution in [2.45, 2.75) is 25.3 Å². The average molecular weight is 320 g/mol. The van der Waals surface area contributed by atoms with E-state index in [0.717, 1.165) is 29.5 Å². The van der Waals surface area contributed by atoms with Crippen molar-refractivity contribution in [1.82, 2.24) is 5.32 Å². The fourth-order valence-electron chi connectivity index (χ4n) is 1.87. The van der Waals surface area contributed by atoms with Gasteiger partial charge in [-0.2, -0.15) is 0 Å². The van der Waals surface area contributed by atoms with Crippen LogP contribution in [0.15, 0.2) is 28.7 Å². The van der Waals surface area contributed by atoms with Crippen molar-refractivity contribution in [1.29, 1.82) is 0 Å². The summed E-state index contributed by atoms with van der Waals surface area (Å²) >= 11 is 3.38. The van der Waals surface area contributed by atoms with Crippen molar-refractivity contribution in [2.24, 2.45) is 0 Å². The Kier molecular flexibility index (Phi) is 5.95. The van der Waals surface area contributed by atoms with E-state index in [1.165, 1.54) is 6.42 Å². The van der Waals surface area contributed by atoms with Crippen LogP contribution in [0.1, 0.15) is 19.3 Å². The molecule has 5 heteroatoms. The van der Waals surface area contributed by atoms with Crippen LogP contribution in [0.3, 0.4) is 0 Å². The Morgan fingerprint density at radius 3 is 2.88 bits per heavy atom. The van der Waals surface area contributed by atoms with Gasteiger partial charge in [0, 0.05) is 10.2 Å². The molecule has 17 heavy (non-hydrogen) atoms. The van der Waals surface area contributed by atoms with E-state index in [9.17, 15) is 4.79 Å². The minimum Gasteiger partial charge on any atom is -0.325 e. The predicted octanol–water partition coefficient (Wildman–Crippen LogP) is 2.95. The molecule has 2 N–H and O–H groups in total. The second-order valence-electron chi connectivity index (χ2n) is 4.00. The van der Waals surface area contributed by atoms with Crippen molar-refractivity contribution in [2.75, 3.05) is 11.9 Å². The molecule has 1 heterocycles. The van der Waals surface area contributed by atoms with Crippen molar-refractivity contribution in [3.05, 3.63) is 28.7 Å². The molecule has 0 saturated carbocycles. The Balaban J connectivity index is 0.00000144. The molecular weight excluding hydrogens is 304 g/mol. The van der Waals surface area contributed by atoms with Crippen molar-refractivity contribution < 1.29 is 4.79 Å². The number of hydrogen-bond acceptors (Lipinski definition) is 2. The van der Waals surface area contributed by atoms with Crippen LogP contribution in [0, 0.1) is 0 Å². The lowest BCUT2D eigenvalue weighted by molar-refractivity contribution is -0.118. The monoisotopic (exact) mass is 318 g/mol. The number of anilines is 1. The lowest BCUT2D eigenvalue weighted by atomic mass is 10.0. The molecule has 94 valence electrons. The summed E-state index contributed by atoms with van der Waals surface area (Å²) in [5.41, 5.74) is 0.840. The lowest BCUT2D eigenvalue weighted by Gasteiger charge is -2.22. The van der Waals surface area contributed by atoms with Gasteiger partial charge < -0.3 is 10.6 Å². The fourth-order valence-corrected chi connectivity index (χ4v) is 2.27. The lowest BCUT2D eigenvalue weighted by Crippen LogP contribution is -2.43. The molecular formula is C12H16BrClN2O. The molecule has 1 aromatic carbocycles. The number of amides is 1. The van der Waals surface area contributed by atoms with Crippen molar-refractivity contribution in [3.63, 3.8) is 0 Å². The maximum Gasteiger partial charge on any atom is 0.241 e. The molecule has 0 aliphatic carbocycles. The Morgan fingerprint density at radius 1 is 1.41 bits per heavy atom. The van der Waals surface area contributed by atoms with Gasteiger partial charge in [-0.05, 0) is 37.6 Å². The SMILES string of the molecule is Cl.O=C(Nc1cccc(Br)c1)[C@@H]1CCCCN1. The Labute approximate surface area is 116 Å². The highest BCUT2D eigenvalue weighted by molar-refractivity contribution is 9.10. The third-order valence-corrected chi connectivity index (χ3v) is 3.21. The van der Waals surface area contributed by atoms with Gasteiger partial charge in [0.05, 0.1) is 6.04 Å². The molecule has 0 bridgehead atoms. The molecule has 1 aliphatic rings. The molecule has 1 fully saturated rings. The van der Waals surface area contributed by atoms with Crippen LogP contribution in [0.4, 0.5) is 5.69 Å². The first-order valence-electron chi connectivity index (χ1n) is 5.55. The van der Waals surface area contributed by atoms with E-state index in [4.69, 9.17) is 0 Å². The second kappa shape index (κ2) is 6.99. The van der Waals surface area contributed by atoms with E-state index in [1.807, 2.05) is 24.3 Å². The van der Waals surface area contributed by atoms with Gasteiger partial charge in [-0.3, -0.25) is 4.79 Å². The Bertz CT molecular complexity index is 381. The predicted molar refractivity (Wildman–Crippen MR) is 75.7 cm³/mol. The molecule has 3 nitrogen and oxygen atoms in total. The van der Waals surface area contributed by atoms with E-state index < -0.39 is 0 Å². The molecule has 1 saturated heterocycles. The smallest absolute Gasteiger partial charge is 0.241 e.